The van der Waals surface area contributed by atoms with Gasteiger partial charge < -0.3 is 9.72 Å². The maximum absolute atomic E-state index is 12.5. The lowest BCUT2D eigenvalue weighted by Crippen LogP contribution is -2.48. The molecule has 8 heteroatoms. The molecule has 4 heterocycles. The molecule has 1 radical (unpaired) electrons. The largest absolute Gasteiger partial charge is 0.493 e. The van der Waals surface area contributed by atoms with Crippen molar-refractivity contribution in [2.24, 2.45) is 4.99 Å². The predicted octanol–water partition coefficient (Wildman–Crippen LogP) is 2.06. The van der Waals surface area contributed by atoms with Gasteiger partial charge in [0.05, 0.1) is 22.5 Å². The Morgan fingerprint density at radius 3 is 3.30 bits per heavy atom. The van der Waals surface area contributed by atoms with E-state index in [1.807, 2.05) is 24.0 Å². The molecule has 1 aromatic heterocycles. The highest BCUT2D eigenvalue weighted by atomic mass is 32.1. The predicted molar refractivity (Wildman–Crippen MR) is 92.0 cm³/mol. The number of nitrogens with one attached hydrogen (secondary N) is 1. The minimum atomic E-state index is -1.11. The second-order valence-electron chi connectivity index (χ2n) is 5.97. The van der Waals surface area contributed by atoms with Crippen molar-refractivity contribution < 1.29 is 9.53 Å². The van der Waals surface area contributed by atoms with E-state index in [4.69, 9.17) is 9.72 Å². The Morgan fingerprint density at radius 2 is 2.39 bits per heavy atom. The number of aromatic nitrogens is 1. The number of benzene rings is 1. The van der Waals surface area contributed by atoms with Gasteiger partial charge in [-0.25, -0.2) is 9.78 Å². The van der Waals surface area contributed by atoms with Crippen LogP contribution in [0.2, 0.25) is 0 Å². The Kier molecular flexibility index (Phi) is 2.81. The molecule has 6 nitrogen and oxygen atoms in total. The van der Waals surface area contributed by atoms with E-state index in [0.29, 0.717) is 0 Å². The van der Waals surface area contributed by atoms with E-state index in [9.17, 15) is 4.79 Å². The SMILES string of the molecule is CC1=NCC[C@H]2N(c3nc4c5c(ccc4s3)OCC5)C(=O)N[Si]12. The number of amides is 2. The number of anilines is 1. The molecule has 3 aliphatic heterocycles. The van der Waals surface area contributed by atoms with Crippen molar-refractivity contribution in [3.05, 3.63) is 17.7 Å². The first kappa shape index (κ1) is 13.5. The Bertz CT molecular complexity index is 865. The molecular formula is C15H15N4O2SSi. The molecule has 0 bridgehead atoms. The Morgan fingerprint density at radius 1 is 1.48 bits per heavy atom. The Labute approximate surface area is 138 Å². The molecule has 5 rings (SSSR count). The number of thiazole rings is 1. The highest BCUT2D eigenvalue weighted by molar-refractivity contribution is 7.22. The molecule has 1 saturated heterocycles. The summed E-state index contributed by atoms with van der Waals surface area (Å²) >= 11 is 1.60. The highest BCUT2D eigenvalue weighted by Crippen LogP contribution is 2.39. The molecule has 0 saturated carbocycles. The van der Waals surface area contributed by atoms with Gasteiger partial charge in [0.25, 0.3) is 0 Å². The second-order valence-corrected chi connectivity index (χ2v) is 9.45. The fourth-order valence-corrected chi connectivity index (χ4v) is 7.07. The van der Waals surface area contributed by atoms with Gasteiger partial charge in [0.1, 0.15) is 5.75 Å². The lowest BCUT2D eigenvalue weighted by molar-refractivity contribution is 0.252. The lowest BCUT2D eigenvalue weighted by Gasteiger charge is -2.25. The topological polar surface area (TPSA) is 66.8 Å². The van der Waals surface area contributed by atoms with Crippen LogP contribution in [0.25, 0.3) is 10.2 Å². The van der Waals surface area contributed by atoms with Crippen LogP contribution in [0, 0.1) is 0 Å². The summed E-state index contributed by atoms with van der Waals surface area (Å²) in [5.41, 5.74) is 2.39. The van der Waals surface area contributed by atoms with Gasteiger partial charge in [0.15, 0.2) is 5.13 Å². The third kappa shape index (κ3) is 1.88. The summed E-state index contributed by atoms with van der Waals surface area (Å²) in [5.74, 6) is 0.936. The fourth-order valence-electron chi connectivity index (χ4n) is 3.56. The van der Waals surface area contributed by atoms with Crippen molar-refractivity contribution >= 4 is 47.0 Å². The molecule has 2 amide bonds. The van der Waals surface area contributed by atoms with Crippen LogP contribution in [-0.2, 0) is 6.42 Å². The van der Waals surface area contributed by atoms with Crippen molar-refractivity contribution in [3.63, 3.8) is 0 Å². The van der Waals surface area contributed by atoms with Crippen LogP contribution < -0.4 is 14.6 Å². The molecule has 117 valence electrons. The molecule has 1 atom stereocenters. The number of hydrogen-bond acceptors (Lipinski definition) is 5. The molecule has 0 aliphatic carbocycles. The van der Waals surface area contributed by atoms with Gasteiger partial charge in [0, 0.05) is 23.9 Å². The zero-order valence-corrected chi connectivity index (χ0v) is 14.4. The van der Waals surface area contributed by atoms with Crippen LogP contribution in [0.15, 0.2) is 17.1 Å². The number of aliphatic imine (C=N–C) groups is 1. The molecule has 0 spiro atoms. The van der Waals surface area contributed by atoms with Crippen LogP contribution in [0.1, 0.15) is 18.9 Å². The fraction of sp³-hybridized carbons (Fsp3) is 0.400. The minimum absolute atomic E-state index is 0.0210. The van der Waals surface area contributed by atoms with E-state index in [0.717, 1.165) is 52.4 Å². The smallest absolute Gasteiger partial charge is 0.316 e. The summed E-state index contributed by atoms with van der Waals surface area (Å²) in [7, 11) is -1.11. The number of ether oxygens (including phenoxy) is 1. The van der Waals surface area contributed by atoms with Crippen molar-refractivity contribution in [1.82, 2.24) is 9.97 Å². The van der Waals surface area contributed by atoms with Crippen LogP contribution in [0.5, 0.6) is 5.75 Å². The van der Waals surface area contributed by atoms with Gasteiger partial charge in [-0.2, -0.15) is 0 Å². The Balaban J connectivity index is 1.61. The molecule has 23 heavy (non-hydrogen) atoms. The summed E-state index contributed by atoms with van der Waals surface area (Å²) in [6.45, 7) is 3.55. The van der Waals surface area contributed by atoms with Gasteiger partial charge in [-0.1, -0.05) is 11.3 Å². The maximum atomic E-state index is 12.5. The van der Waals surface area contributed by atoms with Crippen molar-refractivity contribution in [2.45, 2.75) is 25.4 Å². The van der Waals surface area contributed by atoms with Crippen LogP contribution in [0.4, 0.5) is 9.93 Å². The van der Waals surface area contributed by atoms with Gasteiger partial charge in [0.2, 0.25) is 8.96 Å². The van der Waals surface area contributed by atoms with E-state index in [1.54, 1.807) is 11.3 Å². The number of carbonyl (C=O) groups is 1. The second kappa shape index (κ2) is 4.78. The summed E-state index contributed by atoms with van der Waals surface area (Å²) in [5, 5.41) is 1.91. The normalized spacial score (nSPS) is 23.5. The standard InChI is InChI=1S/C15H15N4O2SSi/c1-8-16-6-4-12-19(14(20)18-23(8)12)15-17-13-9-5-7-21-10(9)2-3-11(13)22-15/h2-3,12H,4-7H2,1H3,(H,18,20)/t12-/m0/s1. The van der Waals surface area contributed by atoms with Crippen LogP contribution in [-0.4, -0.2) is 44.1 Å². The van der Waals surface area contributed by atoms with Crippen molar-refractivity contribution in [2.75, 3.05) is 18.1 Å². The molecular weight excluding hydrogens is 328 g/mol. The minimum Gasteiger partial charge on any atom is -0.493 e. The van der Waals surface area contributed by atoms with Gasteiger partial charge >= 0.3 is 6.03 Å². The van der Waals surface area contributed by atoms with E-state index in [2.05, 4.69) is 9.97 Å². The van der Waals surface area contributed by atoms with Gasteiger partial charge in [-0.15, -0.1) is 0 Å². The Hall–Kier alpha value is -1.93. The average Bonchev–Trinajstić information content (AvgIpc) is 3.21. The first-order chi connectivity index (χ1) is 11.2. The summed E-state index contributed by atoms with van der Waals surface area (Å²) in [4.78, 5) is 26.9. The number of nitrogens with zero attached hydrogens (tertiary/aromatic N) is 3. The third-order valence-corrected chi connectivity index (χ3v) is 8.33. The van der Waals surface area contributed by atoms with E-state index in [-0.39, 0.29) is 11.7 Å². The van der Waals surface area contributed by atoms with E-state index >= 15 is 0 Å². The van der Waals surface area contributed by atoms with Crippen molar-refractivity contribution in [1.29, 1.82) is 0 Å². The van der Waals surface area contributed by atoms with Crippen LogP contribution >= 0.6 is 11.3 Å². The van der Waals surface area contributed by atoms with E-state index in [1.165, 1.54) is 5.56 Å². The van der Waals surface area contributed by atoms with Gasteiger partial charge in [-0.3, -0.25) is 9.89 Å². The highest BCUT2D eigenvalue weighted by Gasteiger charge is 2.46. The van der Waals surface area contributed by atoms with Crippen molar-refractivity contribution in [3.8, 4) is 5.75 Å². The molecule has 1 N–H and O–H groups in total. The molecule has 1 fully saturated rings. The lowest BCUT2D eigenvalue weighted by atomic mass is 10.1. The monoisotopic (exact) mass is 343 g/mol. The number of hydrogen-bond donors (Lipinski definition) is 1. The number of urea groups is 1. The summed E-state index contributed by atoms with van der Waals surface area (Å²) in [6.07, 6.45) is 1.81. The molecule has 3 aliphatic rings. The number of fused-ring (bicyclic) bond motifs is 4. The average molecular weight is 343 g/mol. The maximum Gasteiger partial charge on any atom is 0.316 e. The van der Waals surface area contributed by atoms with Gasteiger partial charge in [-0.05, 0) is 25.5 Å². The molecule has 2 aromatic rings. The summed E-state index contributed by atoms with van der Waals surface area (Å²) < 4.78 is 6.75. The van der Waals surface area contributed by atoms with E-state index < -0.39 is 8.96 Å². The molecule has 0 unspecified atom stereocenters. The molecule has 1 aromatic carbocycles. The number of carbonyl (C=O) groups excluding carboxylic acids is 1. The third-order valence-electron chi connectivity index (χ3n) is 4.67. The quantitative estimate of drug-likeness (QED) is 0.806. The zero-order valence-electron chi connectivity index (χ0n) is 12.6. The summed E-state index contributed by atoms with van der Waals surface area (Å²) in [6, 6.07) is 4.05. The first-order valence-electron chi connectivity index (χ1n) is 7.76. The number of rotatable bonds is 1. The first-order valence-corrected chi connectivity index (χ1v) is 10.2. The van der Waals surface area contributed by atoms with Crippen LogP contribution in [0.3, 0.4) is 0 Å². The zero-order chi connectivity index (χ0) is 15.6.